The summed E-state index contributed by atoms with van der Waals surface area (Å²) in [6.45, 7) is 5.95. The molecule has 7 heteroatoms. The maximum Gasteiger partial charge on any atom is 0.311 e. The minimum Gasteiger partial charge on any atom is -0.487 e. The number of nitrogens with one attached hydrogen (secondary N) is 1. The van der Waals surface area contributed by atoms with Crippen LogP contribution in [0.3, 0.4) is 0 Å². The summed E-state index contributed by atoms with van der Waals surface area (Å²) in [5, 5.41) is 14.3. The number of benzene rings is 1. The molecule has 0 radical (unpaired) electrons. The molecule has 7 nitrogen and oxygen atoms in total. The lowest BCUT2D eigenvalue weighted by molar-refractivity contribution is -0.385. The minimum atomic E-state index is -0.525. The summed E-state index contributed by atoms with van der Waals surface area (Å²) in [6, 6.07) is 4.48. The van der Waals surface area contributed by atoms with Gasteiger partial charge in [-0.25, -0.2) is 0 Å². The highest BCUT2D eigenvalue weighted by atomic mass is 16.6. The van der Waals surface area contributed by atoms with Gasteiger partial charge in [0.2, 0.25) is 5.75 Å². The highest BCUT2D eigenvalue weighted by molar-refractivity contribution is 5.98. The fourth-order valence-electron chi connectivity index (χ4n) is 2.43. The highest BCUT2D eigenvalue weighted by Crippen LogP contribution is 2.32. The molecular formula is C14H19N3O4. The summed E-state index contributed by atoms with van der Waals surface area (Å²) in [6.07, 6.45) is 0. The van der Waals surface area contributed by atoms with E-state index in [9.17, 15) is 14.9 Å². The van der Waals surface area contributed by atoms with Crippen LogP contribution in [0.15, 0.2) is 18.2 Å². The second kappa shape index (κ2) is 6.53. The molecule has 1 heterocycles. The number of rotatable bonds is 4. The average Bonchev–Trinajstić information content (AvgIpc) is 2.47. The fourth-order valence-corrected chi connectivity index (χ4v) is 2.43. The molecule has 1 amide bonds. The van der Waals surface area contributed by atoms with Gasteiger partial charge in [-0.2, -0.15) is 0 Å². The summed E-state index contributed by atoms with van der Waals surface area (Å²) in [4.78, 5) is 25.0. The van der Waals surface area contributed by atoms with Crippen molar-refractivity contribution < 1.29 is 14.5 Å². The topological polar surface area (TPSA) is 84.7 Å². The molecule has 1 N–H and O–H groups in total. The van der Waals surface area contributed by atoms with Gasteiger partial charge in [0.1, 0.15) is 0 Å². The van der Waals surface area contributed by atoms with Crippen LogP contribution in [-0.2, 0) is 0 Å². The van der Waals surface area contributed by atoms with Crippen LogP contribution in [0.4, 0.5) is 5.69 Å². The Labute approximate surface area is 123 Å². The average molecular weight is 293 g/mol. The van der Waals surface area contributed by atoms with Gasteiger partial charge in [-0.15, -0.1) is 0 Å². The van der Waals surface area contributed by atoms with Crippen LogP contribution in [0.5, 0.6) is 5.75 Å². The van der Waals surface area contributed by atoms with E-state index in [1.165, 1.54) is 12.1 Å². The lowest BCUT2D eigenvalue weighted by Gasteiger charge is -2.34. The molecule has 0 unspecified atom stereocenters. The van der Waals surface area contributed by atoms with Gasteiger partial charge in [-0.3, -0.25) is 14.9 Å². The number of nitrogens with zero attached hydrogens (tertiary/aromatic N) is 2. The normalized spacial score (nSPS) is 18.4. The molecule has 1 aliphatic heterocycles. The third-order valence-electron chi connectivity index (χ3n) is 3.47. The highest BCUT2D eigenvalue weighted by Gasteiger charge is 2.29. The molecule has 0 bridgehead atoms. The Balaban J connectivity index is 2.39. The Bertz CT molecular complexity index is 547. The number of piperazine rings is 1. The van der Waals surface area contributed by atoms with Gasteiger partial charge < -0.3 is 15.0 Å². The van der Waals surface area contributed by atoms with Crippen molar-refractivity contribution in [2.24, 2.45) is 0 Å². The van der Waals surface area contributed by atoms with Crippen LogP contribution < -0.4 is 10.1 Å². The van der Waals surface area contributed by atoms with E-state index in [4.69, 9.17) is 4.74 Å². The first-order valence-corrected chi connectivity index (χ1v) is 6.98. The standard InChI is InChI=1S/C14H19N3O4/c1-3-21-13-11(5-4-6-12(13)17(19)20)14(18)16-8-7-15-9-10(16)2/h4-6,10,15H,3,7-9H2,1-2H3/t10-/m0/s1. The number of amides is 1. The van der Waals surface area contributed by atoms with Crippen molar-refractivity contribution in [2.75, 3.05) is 26.2 Å². The largest absolute Gasteiger partial charge is 0.487 e. The molecule has 1 saturated heterocycles. The number of ether oxygens (including phenoxy) is 1. The zero-order valence-corrected chi connectivity index (χ0v) is 12.2. The van der Waals surface area contributed by atoms with Gasteiger partial charge in [0.25, 0.3) is 5.91 Å². The van der Waals surface area contributed by atoms with E-state index in [1.807, 2.05) is 6.92 Å². The van der Waals surface area contributed by atoms with E-state index in [2.05, 4.69) is 5.32 Å². The number of nitro benzene ring substituents is 1. The first-order valence-electron chi connectivity index (χ1n) is 6.98. The van der Waals surface area contributed by atoms with E-state index in [0.29, 0.717) is 13.1 Å². The predicted octanol–water partition coefficient (Wildman–Crippen LogP) is 1.43. The Hall–Kier alpha value is -2.15. The second-order valence-electron chi connectivity index (χ2n) is 4.90. The first-order chi connectivity index (χ1) is 10.1. The lowest BCUT2D eigenvalue weighted by Crippen LogP contribution is -2.52. The molecule has 1 fully saturated rings. The lowest BCUT2D eigenvalue weighted by atomic mass is 10.1. The first kappa shape index (κ1) is 15.2. The van der Waals surface area contributed by atoms with E-state index in [0.717, 1.165) is 6.54 Å². The quantitative estimate of drug-likeness (QED) is 0.670. The molecule has 1 aromatic carbocycles. The zero-order chi connectivity index (χ0) is 15.4. The summed E-state index contributed by atoms with van der Waals surface area (Å²) >= 11 is 0. The van der Waals surface area contributed by atoms with Gasteiger partial charge in [-0.1, -0.05) is 6.07 Å². The van der Waals surface area contributed by atoms with E-state index < -0.39 is 4.92 Å². The maximum absolute atomic E-state index is 12.7. The van der Waals surface area contributed by atoms with Crippen molar-refractivity contribution in [1.82, 2.24) is 10.2 Å². The summed E-state index contributed by atoms with van der Waals surface area (Å²) < 4.78 is 5.37. The van der Waals surface area contributed by atoms with Gasteiger partial charge in [-0.05, 0) is 19.9 Å². The van der Waals surface area contributed by atoms with Gasteiger partial charge in [0.05, 0.1) is 17.1 Å². The number of para-hydroxylation sites is 1. The van der Waals surface area contributed by atoms with Crippen LogP contribution >= 0.6 is 0 Å². The van der Waals surface area contributed by atoms with E-state index >= 15 is 0 Å². The van der Waals surface area contributed by atoms with Crippen molar-refractivity contribution in [3.05, 3.63) is 33.9 Å². The monoisotopic (exact) mass is 293 g/mol. The van der Waals surface area contributed by atoms with Gasteiger partial charge >= 0.3 is 5.69 Å². The van der Waals surface area contributed by atoms with Crippen LogP contribution in [0.2, 0.25) is 0 Å². The van der Waals surface area contributed by atoms with Crippen LogP contribution in [0.1, 0.15) is 24.2 Å². The molecular weight excluding hydrogens is 274 g/mol. The Morgan fingerprint density at radius 1 is 1.57 bits per heavy atom. The van der Waals surface area contributed by atoms with Crippen molar-refractivity contribution in [3.63, 3.8) is 0 Å². The van der Waals surface area contributed by atoms with Crippen LogP contribution in [-0.4, -0.2) is 48.0 Å². The number of nitro groups is 1. The molecule has 0 aliphatic carbocycles. The molecule has 1 atom stereocenters. The Morgan fingerprint density at radius 2 is 2.33 bits per heavy atom. The third kappa shape index (κ3) is 3.13. The van der Waals surface area contributed by atoms with E-state index in [-0.39, 0.29) is 35.6 Å². The van der Waals surface area contributed by atoms with Gasteiger partial charge in [0, 0.05) is 31.7 Å². The fraction of sp³-hybridized carbons (Fsp3) is 0.500. The summed E-state index contributed by atoms with van der Waals surface area (Å²) in [5.41, 5.74) is 0.0743. The Morgan fingerprint density at radius 3 is 2.95 bits per heavy atom. The van der Waals surface area contributed by atoms with Crippen molar-refractivity contribution in [2.45, 2.75) is 19.9 Å². The molecule has 1 aromatic rings. The summed E-state index contributed by atoms with van der Waals surface area (Å²) in [5.74, 6) is -0.170. The predicted molar refractivity (Wildman–Crippen MR) is 77.6 cm³/mol. The molecule has 21 heavy (non-hydrogen) atoms. The molecule has 0 saturated carbocycles. The molecule has 0 aromatic heterocycles. The number of hydrogen-bond acceptors (Lipinski definition) is 5. The Kier molecular flexibility index (Phi) is 4.74. The SMILES string of the molecule is CCOc1c(C(=O)N2CCNC[C@@H]2C)cccc1[N+](=O)[O-]. The van der Waals surface area contributed by atoms with Gasteiger partial charge in [0.15, 0.2) is 0 Å². The summed E-state index contributed by atoms with van der Waals surface area (Å²) in [7, 11) is 0. The van der Waals surface area contributed by atoms with Crippen molar-refractivity contribution >= 4 is 11.6 Å². The molecule has 2 rings (SSSR count). The number of carbonyl (C=O) groups excluding carboxylic acids is 1. The molecule has 114 valence electrons. The van der Waals surface area contributed by atoms with Crippen LogP contribution in [0, 0.1) is 10.1 Å². The second-order valence-corrected chi connectivity index (χ2v) is 4.90. The number of hydrogen-bond donors (Lipinski definition) is 1. The smallest absolute Gasteiger partial charge is 0.311 e. The zero-order valence-electron chi connectivity index (χ0n) is 12.2. The van der Waals surface area contributed by atoms with Crippen molar-refractivity contribution in [1.29, 1.82) is 0 Å². The minimum absolute atomic E-state index is 0.0417. The molecule has 0 spiro atoms. The third-order valence-corrected chi connectivity index (χ3v) is 3.47. The molecule has 1 aliphatic rings. The van der Waals surface area contributed by atoms with Crippen LogP contribution in [0.25, 0.3) is 0 Å². The maximum atomic E-state index is 12.7. The van der Waals surface area contributed by atoms with Crippen molar-refractivity contribution in [3.8, 4) is 5.75 Å². The van der Waals surface area contributed by atoms with E-state index in [1.54, 1.807) is 17.9 Å². The number of carbonyl (C=O) groups is 1.